The van der Waals surface area contributed by atoms with Gasteiger partial charge >= 0.3 is 0 Å². The van der Waals surface area contributed by atoms with Gasteiger partial charge in [0, 0.05) is 18.4 Å². The van der Waals surface area contributed by atoms with Gasteiger partial charge in [-0.2, -0.15) is 0 Å². The van der Waals surface area contributed by atoms with Gasteiger partial charge in [-0.05, 0) is 37.8 Å². The van der Waals surface area contributed by atoms with E-state index in [1.54, 1.807) is 18.3 Å². The average molecular weight is 226 g/mol. The first-order chi connectivity index (χ1) is 7.09. The minimum atomic E-state index is -3.38. The average Bonchev–Trinajstić information content (AvgIpc) is 3.01. The second kappa shape index (κ2) is 3.90. The SMILES string of the molecule is C[C@H](NS(=O)(=O)c1cccnc1)C1CC1. The second-order valence-corrected chi connectivity index (χ2v) is 5.65. The molecular weight excluding hydrogens is 212 g/mol. The van der Waals surface area contributed by atoms with Crippen LogP contribution in [0.4, 0.5) is 0 Å². The van der Waals surface area contributed by atoms with Gasteiger partial charge in [0.1, 0.15) is 4.90 Å². The van der Waals surface area contributed by atoms with Gasteiger partial charge in [0.2, 0.25) is 10.0 Å². The number of aromatic nitrogens is 1. The summed E-state index contributed by atoms with van der Waals surface area (Å²) in [7, 11) is -3.38. The molecule has 0 saturated heterocycles. The Bertz CT molecular complexity index is 426. The number of nitrogens with one attached hydrogen (secondary N) is 1. The Balaban J connectivity index is 2.13. The molecule has 1 aliphatic rings. The quantitative estimate of drug-likeness (QED) is 0.838. The van der Waals surface area contributed by atoms with E-state index >= 15 is 0 Å². The molecule has 0 aliphatic heterocycles. The van der Waals surface area contributed by atoms with Crippen molar-refractivity contribution in [1.29, 1.82) is 0 Å². The van der Waals surface area contributed by atoms with Crippen molar-refractivity contribution in [2.24, 2.45) is 5.92 Å². The van der Waals surface area contributed by atoms with Crippen molar-refractivity contribution in [3.8, 4) is 0 Å². The molecule has 5 heteroatoms. The number of hydrogen-bond donors (Lipinski definition) is 1. The van der Waals surface area contributed by atoms with Crippen LogP contribution in [0.2, 0.25) is 0 Å². The summed E-state index contributed by atoms with van der Waals surface area (Å²) in [6.07, 6.45) is 5.17. The molecule has 0 bridgehead atoms. The van der Waals surface area contributed by atoms with Gasteiger partial charge in [0.25, 0.3) is 0 Å². The first-order valence-corrected chi connectivity index (χ1v) is 6.50. The van der Waals surface area contributed by atoms with Crippen molar-refractivity contribution >= 4 is 10.0 Å². The van der Waals surface area contributed by atoms with Crippen LogP contribution in [0.25, 0.3) is 0 Å². The van der Waals surface area contributed by atoms with E-state index in [4.69, 9.17) is 0 Å². The van der Waals surface area contributed by atoms with Crippen molar-refractivity contribution in [3.05, 3.63) is 24.5 Å². The van der Waals surface area contributed by atoms with Crippen LogP contribution in [0.1, 0.15) is 19.8 Å². The zero-order chi connectivity index (χ0) is 10.9. The van der Waals surface area contributed by atoms with Crippen LogP contribution >= 0.6 is 0 Å². The lowest BCUT2D eigenvalue weighted by Gasteiger charge is -2.12. The summed E-state index contributed by atoms with van der Waals surface area (Å²) in [5, 5.41) is 0. The molecule has 1 aromatic heterocycles. The largest absolute Gasteiger partial charge is 0.263 e. The van der Waals surface area contributed by atoms with Crippen LogP contribution in [-0.4, -0.2) is 19.4 Å². The number of pyridine rings is 1. The van der Waals surface area contributed by atoms with Crippen molar-refractivity contribution in [2.75, 3.05) is 0 Å². The summed E-state index contributed by atoms with van der Waals surface area (Å²) < 4.78 is 26.3. The Morgan fingerprint density at radius 2 is 2.27 bits per heavy atom. The maximum Gasteiger partial charge on any atom is 0.242 e. The third-order valence-electron chi connectivity index (χ3n) is 2.61. The summed E-state index contributed by atoms with van der Waals surface area (Å²) in [4.78, 5) is 4.03. The molecule has 0 spiro atoms. The summed E-state index contributed by atoms with van der Waals surface area (Å²) >= 11 is 0. The van der Waals surface area contributed by atoms with Crippen molar-refractivity contribution < 1.29 is 8.42 Å². The highest BCUT2D eigenvalue weighted by molar-refractivity contribution is 7.89. The molecule has 1 heterocycles. The zero-order valence-corrected chi connectivity index (χ0v) is 9.37. The van der Waals surface area contributed by atoms with Gasteiger partial charge in [-0.15, -0.1) is 0 Å². The van der Waals surface area contributed by atoms with Gasteiger partial charge in [0.15, 0.2) is 0 Å². The normalized spacial score (nSPS) is 18.7. The molecule has 1 aliphatic carbocycles. The van der Waals surface area contributed by atoms with Gasteiger partial charge in [0.05, 0.1) is 0 Å². The zero-order valence-electron chi connectivity index (χ0n) is 8.55. The molecule has 1 aromatic rings. The third-order valence-corrected chi connectivity index (χ3v) is 4.16. The standard InChI is InChI=1S/C10H14N2O2S/c1-8(9-4-5-9)12-15(13,14)10-3-2-6-11-7-10/h2-3,6-9,12H,4-5H2,1H3/t8-/m0/s1. The van der Waals surface area contributed by atoms with Crippen LogP contribution < -0.4 is 4.72 Å². The fourth-order valence-corrected chi connectivity index (χ4v) is 2.79. The monoisotopic (exact) mass is 226 g/mol. The summed E-state index contributed by atoms with van der Waals surface area (Å²) in [6.45, 7) is 1.91. The molecule has 1 N–H and O–H groups in total. The van der Waals surface area contributed by atoms with Gasteiger partial charge in [-0.1, -0.05) is 0 Å². The molecule has 1 saturated carbocycles. The predicted octanol–water partition coefficient (Wildman–Crippen LogP) is 1.16. The minimum absolute atomic E-state index is 0.0233. The molecule has 1 atom stereocenters. The maximum atomic E-state index is 11.8. The lowest BCUT2D eigenvalue weighted by atomic mass is 10.2. The van der Waals surface area contributed by atoms with E-state index in [1.165, 1.54) is 6.20 Å². The van der Waals surface area contributed by atoms with Crippen LogP contribution in [0.3, 0.4) is 0 Å². The van der Waals surface area contributed by atoms with Crippen molar-refractivity contribution in [1.82, 2.24) is 9.71 Å². The smallest absolute Gasteiger partial charge is 0.242 e. The Hall–Kier alpha value is -0.940. The van der Waals surface area contributed by atoms with E-state index in [0.717, 1.165) is 12.8 Å². The number of rotatable bonds is 4. The molecule has 0 radical (unpaired) electrons. The molecule has 0 amide bonds. The van der Waals surface area contributed by atoms with E-state index < -0.39 is 10.0 Å². The topological polar surface area (TPSA) is 59.1 Å². The fourth-order valence-electron chi connectivity index (χ4n) is 1.51. The number of hydrogen-bond acceptors (Lipinski definition) is 3. The highest BCUT2D eigenvalue weighted by Gasteiger charge is 2.31. The first kappa shape index (κ1) is 10.6. The van der Waals surface area contributed by atoms with E-state index in [9.17, 15) is 8.42 Å². The van der Waals surface area contributed by atoms with E-state index in [-0.39, 0.29) is 10.9 Å². The summed E-state index contributed by atoms with van der Waals surface area (Å²) in [5.74, 6) is 0.511. The molecule has 1 fully saturated rings. The van der Waals surface area contributed by atoms with Gasteiger partial charge < -0.3 is 0 Å². The highest BCUT2D eigenvalue weighted by atomic mass is 32.2. The molecule has 0 unspecified atom stereocenters. The third kappa shape index (κ3) is 2.54. The Labute approximate surface area is 89.8 Å². The first-order valence-electron chi connectivity index (χ1n) is 5.02. The van der Waals surface area contributed by atoms with Crippen LogP contribution in [0, 0.1) is 5.92 Å². The molecule has 82 valence electrons. The lowest BCUT2D eigenvalue weighted by molar-refractivity contribution is 0.538. The van der Waals surface area contributed by atoms with E-state index in [0.29, 0.717) is 5.92 Å². The van der Waals surface area contributed by atoms with E-state index in [2.05, 4.69) is 9.71 Å². The maximum absolute atomic E-state index is 11.8. The Kier molecular flexibility index (Phi) is 2.75. The lowest BCUT2D eigenvalue weighted by Crippen LogP contribution is -2.34. The number of sulfonamides is 1. The van der Waals surface area contributed by atoms with Crippen molar-refractivity contribution in [3.63, 3.8) is 0 Å². The van der Waals surface area contributed by atoms with Gasteiger partial charge in [-0.25, -0.2) is 13.1 Å². The van der Waals surface area contributed by atoms with Crippen LogP contribution in [-0.2, 0) is 10.0 Å². The van der Waals surface area contributed by atoms with Crippen LogP contribution in [0.5, 0.6) is 0 Å². The second-order valence-electron chi connectivity index (χ2n) is 3.94. The fraction of sp³-hybridized carbons (Fsp3) is 0.500. The van der Waals surface area contributed by atoms with Gasteiger partial charge in [-0.3, -0.25) is 4.98 Å². The summed E-state index contributed by atoms with van der Waals surface area (Å²) in [6, 6.07) is 3.20. The molecule has 2 rings (SSSR count). The molecule has 0 aromatic carbocycles. The predicted molar refractivity (Wildman–Crippen MR) is 56.7 cm³/mol. The van der Waals surface area contributed by atoms with Crippen LogP contribution in [0.15, 0.2) is 29.4 Å². The Morgan fingerprint density at radius 3 is 2.80 bits per heavy atom. The summed E-state index contributed by atoms with van der Waals surface area (Å²) in [5.41, 5.74) is 0. The van der Waals surface area contributed by atoms with E-state index in [1.807, 2.05) is 6.92 Å². The molecule has 4 nitrogen and oxygen atoms in total. The number of nitrogens with zero attached hydrogens (tertiary/aromatic N) is 1. The molecule has 15 heavy (non-hydrogen) atoms. The molecular formula is C10H14N2O2S. The Morgan fingerprint density at radius 1 is 1.53 bits per heavy atom. The highest BCUT2D eigenvalue weighted by Crippen LogP contribution is 2.32. The van der Waals surface area contributed by atoms with Crippen molar-refractivity contribution in [2.45, 2.75) is 30.7 Å². The minimum Gasteiger partial charge on any atom is -0.263 e.